The van der Waals surface area contributed by atoms with Gasteiger partial charge in [0.15, 0.2) is 0 Å². The Morgan fingerprint density at radius 2 is 2.22 bits per heavy atom. The number of primary amides is 1. The van der Waals surface area contributed by atoms with Gasteiger partial charge in [-0.3, -0.25) is 4.79 Å². The Balaban J connectivity index is 2.38. The molecule has 1 fully saturated rings. The molecule has 4 N–H and O–H groups in total. The lowest BCUT2D eigenvalue weighted by Crippen LogP contribution is -2.30. The van der Waals surface area contributed by atoms with Crippen LogP contribution in [-0.2, 0) is 0 Å². The molecule has 1 heterocycles. The summed E-state index contributed by atoms with van der Waals surface area (Å²) in [6.07, 6.45) is 1.07. The zero-order valence-electron chi connectivity index (χ0n) is 11.0. The van der Waals surface area contributed by atoms with E-state index in [-0.39, 0.29) is 5.91 Å². The van der Waals surface area contributed by atoms with Gasteiger partial charge in [0.05, 0.1) is 11.3 Å². The fourth-order valence-electron chi connectivity index (χ4n) is 2.74. The van der Waals surface area contributed by atoms with Crippen LogP contribution < -0.4 is 16.4 Å². The highest BCUT2D eigenvalue weighted by Gasteiger charge is 2.30. The van der Waals surface area contributed by atoms with Crippen molar-refractivity contribution in [2.24, 2.45) is 17.4 Å². The van der Waals surface area contributed by atoms with E-state index in [1.54, 1.807) is 0 Å². The van der Waals surface area contributed by atoms with Crippen LogP contribution in [0.25, 0.3) is 0 Å². The predicted molar refractivity (Wildman–Crippen MR) is 73.7 cm³/mol. The second-order valence-electron chi connectivity index (χ2n) is 5.22. The first kappa shape index (κ1) is 12.9. The van der Waals surface area contributed by atoms with Crippen molar-refractivity contribution in [1.82, 2.24) is 0 Å². The second kappa shape index (κ2) is 4.98. The molecule has 4 heteroatoms. The normalized spacial score (nSPS) is 23.4. The number of nitrogens with zero attached hydrogens (tertiary/aromatic N) is 1. The van der Waals surface area contributed by atoms with Gasteiger partial charge in [0.2, 0.25) is 0 Å². The summed E-state index contributed by atoms with van der Waals surface area (Å²) < 4.78 is 0. The minimum absolute atomic E-state index is 0.367. The molecule has 1 aliphatic heterocycles. The number of anilines is 1. The monoisotopic (exact) mass is 247 g/mol. The average Bonchev–Trinajstić information content (AvgIpc) is 2.70. The maximum absolute atomic E-state index is 11.5. The molecule has 0 spiro atoms. The van der Waals surface area contributed by atoms with Crippen molar-refractivity contribution in [3.63, 3.8) is 0 Å². The number of carbonyl (C=O) groups excluding carboxylic acids is 1. The Bertz CT molecular complexity index is 458. The number of carbonyl (C=O) groups is 1. The van der Waals surface area contributed by atoms with Gasteiger partial charge in [-0.15, -0.1) is 0 Å². The van der Waals surface area contributed by atoms with Crippen LogP contribution >= 0.6 is 0 Å². The first-order valence-corrected chi connectivity index (χ1v) is 6.40. The Hall–Kier alpha value is -1.55. The first-order valence-electron chi connectivity index (χ1n) is 6.40. The minimum Gasteiger partial charge on any atom is -0.368 e. The van der Waals surface area contributed by atoms with E-state index in [2.05, 4.69) is 11.8 Å². The molecule has 4 nitrogen and oxygen atoms in total. The molecule has 1 amide bonds. The number of nitrogens with two attached hydrogens (primary N) is 2. The highest BCUT2D eigenvalue weighted by Crippen LogP contribution is 2.31. The lowest BCUT2D eigenvalue weighted by atomic mass is 10.1. The van der Waals surface area contributed by atoms with E-state index in [9.17, 15) is 4.79 Å². The number of hydrogen-bond acceptors (Lipinski definition) is 3. The first-order chi connectivity index (χ1) is 8.52. The maximum Gasteiger partial charge on any atom is 0.250 e. The van der Waals surface area contributed by atoms with E-state index >= 15 is 0 Å². The van der Waals surface area contributed by atoms with Gasteiger partial charge < -0.3 is 16.4 Å². The van der Waals surface area contributed by atoms with Gasteiger partial charge in [0.1, 0.15) is 0 Å². The Kier molecular flexibility index (Phi) is 3.57. The van der Waals surface area contributed by atoms with E-state index in [4.69, 9.17) is 11.5 Å². The van der Waals surface area contributed by atoms with Crippen LogP contribution in [0.3, 0.4) is 0 Å². The molecule has 1 aromatic carbocycles. The van der Waals surface area contributed by atoms with E-state index in [1.165, 1.54) is 0 Å². The summed E-state index contributed by atoms with van der Waals surface area (Å²) in [7, 11) is 0. The number of amides is 1. The van der Waals surface area contributed by atoms with Gasteiger partial charge in [-0.25, -0.2) is 0 Å². The lowest BCUT2D eigenvalue weighted by Gasteiger charge is -2.26. The SMILES string of the molecule is Cc1ccc(C(N)=O)c(N2CC(CN)CC2C)c1. The van der Waals surface area contributed by atoms with E-state index in [1.807, 2.05) is 25.1 Å². The molecule has 2 rings (SSSR count). The molecular weight excluding hydrogens is 226 g/mol. The fraction of sp³-hybridized carbons (Fsp3) is 0.500. The molecule has 98 valence electrons. The van der Waals surface area contributed by atoms with Gasteiger partial charge in [-0.2, -0.15) is 0 Å². The fourth-order valence-corrected chi connectivity index (χ4v) is 2.74. The maximum atomic E-state index is 11.5. The van der Waals surface area contributed by atoms with E-state index < -0.39 is 0 Å². The van der Waals surface area contributed by atoms with Crippen molar-refractivity contribution in [3.8, 4) is 0 Å². The van der Waals surface area contributed by atoms with Crippen LogP contribution in [0.5, 0.6) is 0 Å². The highest BCUT2D eigenvalue weighted by atomic mass is 16.1. The van der Waals surface area contributed by atoms with Gasteiger partial charge >= 0.3 is 0 Å². The summed E-state index contributed by atoms with van der Waals surface area (Å²) in [5.41, 5.74) is 13.9. The molecule has 0 radical (unpaired) electrons. The summed E-state index contributed by atoms with van der Waals surface area (Å²) in [4.78, 5) is 13.8. The third-order valence-electron chi connectivity index (χ3n) is 3.72. The zero-order valence-corrected chi connectivity index (χ0v) is 11.0. The van der Waals surface area contributed by atoms with E-state index in [0.29, 0.717) is 24.1 Å². The summed E-state index contributed by atoms with van der Waals surface area (Å²) in [5.74, 6) is 0.134. The van der Waals surface area contributed by atoms with Crippen molar-refractivity contribution in [3.05, 3.63) is 29.3 Å². The third kappa shape index (κ3) is 2.34. The molecular formula is C14H21N3O. The van der Waals surface area contributed by atoms with Gasteiger partial charge in [0.25, 0.3) is 5.91 Å². The van der Waals surface area contributed by atoms with Crippen LogP contribution in [0.2, 0.25) is 0 Å². The van der Waals surface area contributed by atoms with Crippen molar-refractivity contribution in [2.75, 3.05) is 18.0 Å². The van der Waals surface area contributed by atoms with Crippen LogP contribution in [0.1, 0.15) is 29.3 Å². The van der Waals surface area contributed by atoms with Crippen LogP contribution in [0.4, 0.5) is 5.69 Å². The molecule has 0 aliphatic carbocycles. The molecule has 2 unspecified atom stereocenters. The summed E-state index contributed by atoms with van der Waals surface area (Å²) in [6.45, 7) is 5.79. The predicted octanol–water partition coefficient (Wildman–Crippen LogP) is 1.27. The number of hydrogen-bond donors (Lipinski definition) is 2. The van der Waals surface area contributed by atoms with Crippen LogP contribution in [-0.4, -0.2) is 25.0 Å². The van der Waals surface area contributed by atoms with Crippen molar-refractivity contribution in [2.45, 2.75) is 26.3 Å². The van der Waals surface area contributed by atoms with Crippen molar-refractivity contribution < 1.29 is 4.79 Å². The Labute approximate surface area is 108 Å². The average molecular weight is 247 g/mol. The Morgan fingerprint density at radius 1 is 1.50 bits per heavy atom. The molecule has 0 bridgehead atoms. The number of aryl methyl sites for hydroxylation is 1. The number of rotatable bonds is 3. The second-order valence-corrected chi connectivity index (χ2v) is 5.22. The molecule has 0 aromatic heterocycles. The van der Waals surface area contributed by atoms with Crippen molar-refractivity contribution in [1.29, 1.82) is 0 Å². The molecule has 18 heavy (non-hydrogen) atoms. The molecule has 1 saturated heterocycles. The number of benzene rings is 1. The largest absolute Gasteiger partial charge is 0.368 e. The summed E-state index contributed by atoms with van der Waals surface area (Å²) in [6, 6.07) is 6.17. The summed E-state index contributed by atoms with van der Waals surface area (Å²) >= 11 is 0. The van der Waals surface area contributed by atoms with Crippen molar-refractivity contribution >= 4 is 11.6 Å². The highest BCUT2D eigenvalue weighted by molar-refractivity contribution is 5.99. The van der Waals surface area contributed by atoms with Crippen LogP contribution in [0.15, 0.2) is 18.2 Å². The standard InChI is InChI=1S/C14H21N3O/c1-9-3-4-12(14(16)18)13(5-9)17-8-11(7-15)6-10(17)2/h3-5,10-11H,6-8,15H2,1-2H3,(H2,16,18). The smallest absolute Gasteiger partial charge is 0.250 e. The van der Waals surface area contributed by atoms with E-state index in [0.717, 1.165) is 24.2 Å². The van der Waals surface area contributed by atoms with Gasteiger partial charge in [-0.1, -0.05) is 6.07 Å². The lowest BCUT2D eigenvalue weighted by molar-refractivity contribution is 0.100. The molecule has 1 aliphatic rings. The topological polar surface area (TPSA) is 72.4 Å². The quantitative estimate of drug-likeness (QED) is 0.844. The summed E-state index contributed by atoms with van der Waals surface area (Å²) in [5, 5.41) is 0. The van der Waals surface area contributed by atoms with Gasteiger partial charge in [0, 0.05) is 12.6 Å². The molecule has 0 saturated carbocycles. The zero-order chi connectivity index (χ0) is 13.3. The molecule has 1 aromatic rings. The van der Waals surface area contributed by atoms with Crippen LogP contribution in [0, 0.1) is 12.8 Å². The third-order valence-corrected chi connectivity index (χ3v) is 3.72. The minimum atomic E-state index is -0.367. The van der Waals surface area contributed by atoms with Gasteiger partial charge in [-0.05, 0) is 50.4 Å². The Morgan fingerprint density at radius 3 is 2.78 bits per heavy atom. The molecule has 2 atom stereocenters.